The Morgan fingerprint density at radius 2 is 2.15 bits per heavy atom. The molecule has 0 unspecified atom stereocenters. The summed E-state index contributed by atoms with van der Waals surface area (Å²) in [6, 6.07) is 2.90. The largest absolute Gasteiger partial charge is 0.295 e. The monoisotopic (exact) mass is 262 g/mol. The second-order valence-electron chi connectivity index (χ2n) is 2.53. The summed E-state index contributed by atoms with van der Waals surface area (Å²) >= 11 is 4.52. The Kier molecular flexibility index (Phi) is 3.50. The summed E-state index contributed by atoms with van der Waals surface area (Å²) in [6.45, 7) is 1.42. The molecule has 0 spiro atoms. The standard InChI is InChI=1S/C9H8BrFOS/c1-5(12)6-3-7(10)9(13-2)8(11)4-6/h3-4H,1-2H3. The number of hydrogen-bond donors (Lipinski definition) is 0. The minimum atomic E-state index is -0.355. The number of Topliss-reactive ketones (excluding diaryl/α,β-unsaturated/α-hetero) is 1. The van der Waals surface area contributed by atoms with Crippen LogP contribution < -0.4 is 0 Å². The molecule has 13 heavy (non-hydrogen) atoms. The number of carbonyl (C=O) groups is 1. The lowest BCUT2D eigenvalue weighted by molar-refractivity contribution is 0.101. The number of rotatable bonds is 2. The van der Waals surface area contributed by atoms with E-state index in [-0.39, 0.29) is 11.6 Å². The smallest absolute Gasteiger partial charge is 0.159 e. The van der Waals surface area contributed by atoms with Crippen LogP contribution in [0.3, 0.4) is 0 Å². The van der Waals surface area contributed by atoms with E-state index in [2.05, 4.69) is 15.9 Å². The molecule has 0 aliphatic heterocycles. The predicted octanol–water partition coefficient (Wildman–Crippen LogP) is 3.51. The van der Waals surface area contributed by atoms with Crippen LogP contribution >= 0.6 is 27.7 Å². The van der Waals surface area contributed by atoms with Crippen molar-refractivity contribution in [2.75, 3.05) is 6.26 Å². The Morgan fingerprint density at radius 3 is 2.54 bits per heavy atom. The minimum Gasteiger partial charge on any atom is -0.295 e. The molecular formula is C9H8BrFOS. The van der Waals surface area contributed by atoms with E-state index >= 15 is 0 Å². The molecule has 70 valence electrons. The lowest BCUT2D eigenvalue weighted by Crippen LogP contribution is -1.94. The summed E-state index contributed by atoms with van der Waals surface area (Å²) in [4.78, 5) is 11.5. The molecule has 4 heteroatoms. The molecule has 0 radical (unpaired) electrons. The van der Waals surface area contributed by atoms with E-state index in [1.807, 2.05) is 0 Å². The summed E-state index contributed by atoms with van der Waals surface area (Å²) < 4.78 is 13.9. The molecule has 0 bridgehead atoms. The summed E-state index contributed by atoms with van der Waals surface area (Å²) in [5.74, 6) is -0.487. The van der Waals surface area contributed by atoms with E-state index in [0.29, 0.717) is 14.9 Å². The first-order valence-electron chi connectivity index (χ1n) is 3.60. The van der Waals surface area contributed by atoms with Crippen molar-refractivity contribution in [2.24, 2.45) is 0 Å². The highest BCUT2D eigenvalue weighted by Gasteiger charge is 2.10. The molecule has 0 atom stereocenters. The van der Waals surface area contributed by atoms with Crippen LogP contribution in [0.5, 0.6) is 0 Å². The lowest BCUT2D eigenvalue weighted by Gasteiger charge is -2.04. The van der Waals surface area contributed by atoms with Gasteiger partial charge in [0.05, 0.1) is 4.90 Å². The Hall–Kier alpha value is -0.350. The van der Waals surface area contributed by atoms with Crippen molar-refractivity contribution in [2.45, 2.75) is 11.8 Å². The van der Waals surface area contributed by atoms with Crippen LogP contribution in [0.25, 0.3) is 0 Å². The first-order valence-corrected chi connectivity index (χ1v) is 5.62. The Labute approximate surface area is 88.8 Å². The summed E-state index contributed by atoms with van der Waals surface area (Å²) in [5, 5.41) is 0. The number of hydrogen-bond acceptors (Lipinski definition) is 2. The topological polar surface area (TPSA) is 17.1 Å². The van der Waals surface area contributed by atoms with Crippen molar-refractivity contribution in [3.8, 4) is 0 Å². The maximum atomic E-state index is 13.3. The maximum absolute atomic E-state index is 13.3. The van der Waals surface area contributed by atoms with Crippen LogP contribution in [0, 0.1) is 5.82 Å². The van der Waals surface area contributed by atoms with E-state index in [9.17, 15) is 9.18 Å². The number of benzene rings is 1. The number of ketones is 1. The van der Waals surface area contributed by atoms with Crippen molar-refractivity contribution >= 4 is 33.5 Å². The summed E-state index contributed by atoms with van der Waals surface area (Å²) in [7, 11) is 0. The predicted molar refractivity (Wildman–Crippen MR) is 55.9 cm³/mol. The summed E-state index contributed by atoms with van der Waals surface area (Å²) in [6.07, 6.45) is 1.79. The van der Waals surface area contributed by atoms with Gasteiger partial charge >= 0.3 is 0 Å². The van der Waals surface area contributed by atoms with Gasteiger partial charge in [-0.3, -0.25) is 4.79 Å². The van der Waals surface area contributed by atoms with Gasteiger partial charge in [0, 0.05) is 10.0 Å². The maximum Gasteiger partial charge on any atom is 0.159 e. The van der Waals surface area contributed by atoms with Gasteiger partial charge in [-0.05, 0) is 41.2 Å². The van der Waals surface area contributed by atoms with Crippen LogP contribution in [-0.2, 0) is 0 Å². The van der Waals surface area contributed by atoms with Crippen molar-refractivity contribution in [1.29, 1.82) is 0 Å². The van der Waals surface area contributed by atoms with Crippen molar-refractivity contribution in [1.82, 2.24) is 0 Å². The highest BCUT2D eigenvalue weighted by atomic mass is 79.9. The molecule has 0 aliphatic carbocycles. The van der Waals surface area contributed by atoms with Crippen LogP contribution in [0.4, 0.5) is 4.39 Å². The number of carbonyl (C=O) groups excluding carboxylic acids is 1. The fourth-order valence-electron chi connectivity index (χ4n) is 0.958. The molecule has 0 aliphatic rings. The van der Waals surface area contributed by atoms with Crippen LogP contribution in [0.2, 0.25) is 0 Å². The zero-order valence-corrected chi connectivity index (χ0v) is 9.63. The van der Waals surface area contributed by atoms with Gasteiger partial charge in [0.1, 0.15) is 5.82 Å². The fraction of sp³-hybridized carbons (Fsp3) is 0.222. The molecule has 0 saturated heterocycles. The molecule has 1 nitrogen and oxygen atoms in total. The molecule has 0 saturated carbocycles. The number of halogens is 2. The zero-order chi connectivity index (χ0) is 10.0. The van der Waals surface area contributed by atoms with Crippen molar-refractivity contribution in [3.63, 3.8) is 0 Å². The lowest BCUT2D eigenvalue weighted by atomic mass is 10.1. The summed E-state index contributed by atoms with van der Waals surface area (Å²) in [5.41, 5.74) is 0.391. The van der Waals surface area contributed by atoms with Crippen LogP contribution in [0.15, 0.2) is 21.5 Å². The van der Waals surface area contributed by atoms with Gasteiger partial charge in [0.25, 0.3) is 0 Å². The molecule has 0 heterocycles. The van der Waals surface area contributed by atoms with Crippen LogP contribution in [-0.4, -0.2) is 12.0 Å². The van der Waals surface area contributed by atoms with E-state index in [1.165, 1.54) is 24.8 Å². The van der Waals surface area contributed by atoms with Gasteiger partial charge in [-0.1, -0.05) is 0 Å². The van der Waals surface area contributed by atoms with E-state index in [1.54, 1.807) is 12.3 Å². The number of thioether (sulfide) groups is 1. The normalized spacial score (nSPS) is 10.2. The first-order chi connectivity index (χ1) is 6.06. The van der Waals surface area contributed by atoms with Gasteiger partial charge in [-0.25, -0.2) is 4.39 Å². The Bertz CT molecular complexity index is 328. The second-order valence-corrected chi connectivity index (χ2v) is 4.20. The second kappa shape index (κ2) is 4.24. The molecule has 0 fully saturated rings. The molecule has 0 amide bonds. The molecule has 1 aromatic carbocycles. The zero-order valence-electron chi connectivity index (χ0n) is 7.23. The third kappa shape index (κ3) is 2.31. The van der Waals surface area contributed by atoms with Gasteiger partial charge < -0.3 is 0 Å². The molecule has 1 aromatic rings. The fourth-order valence-corrected chi connectivity index (χ4v) is 2.39. The van der Waals surface area contributed by atoms with E-state index in [0.717, 1.165) is 0 Å². The molecular weight excluding hydrogens is 255 g/mol. The SMILES string of the molecule is CSc1c(F)cc(C(C)=O)cc1Br. The average Bonchev–Trinajstić information content (AvgIpc) is 2.03. The van der Waals surface area contributed by atoms with Crippen molar-refractivity contribution in [3.05, 3.63) is 28.0 Å². The van der Waals surface area contributed by atoms with Crippen LogP contribution in [0.1, 0.15) is 17.3 Å². The van der Waals surface area contributed by atoms with Gasteiger partial charge in [-0.15, -0.1) is 11.8 Å². The Morgan fingerprint density at radius 1 is 1.54 bits per heavy atom. The molecule has 0 aromatic heterocycles. The van der Waals surface area contributed by atoms with Gasteiger partial charge in [0.2, 0.25) is 0 Å². The van der Waals surface area contributed by atoms with Crippen molar-refractivity contribution < 1.29 is 9.18 Å². The third-order valence-electron chi connectivity index (χ3n) is 1.61. The quantitative estimate of drug-likeness (QED) is 0.600. The first kappa shape index (κ1) is 10.7. The van der Waals surface area contributed by atoms with Gasteiger partial charge in [-0.2, -0.15) is 0 Å². The van der Waals surface area contributed by atoms with Gasteiger partial charge in [0.15, 0.2) is 5.78 Å². The highest BCUT2D eigenvalue weighted by Crippen LogP contribution is 2.29. The Balaban J connectivity index is 3.28. The average molecular weight is 263 g/mol. The highest BCUT2D eigenvalue weighted by molar-refractivity contribution is 9.10. The van der Waals surface area contributed by atoms with E-state index < -0.39 is 0 Å². The minimum absolute atomic E-state index is 0.132. The van der Waals surface area contributed by atoms with E-state index in [4.69, 9.17) is 0 Å². The molecule has 0 N–H and O–H groups in total. The third-order valence-corrected chi connectivity index (χ3v) is 3.32. The molecule has 1 rings (SSSR count).